The van der Waals surface area contributed by atoms with Gasteiger partial charge in [-0.25, -0.2) is 12.7 Å². The van der Waals surface area contributed by atoms with Gasteiger partial charge in [0.25, 0.3) is 0 Å². The molecule has 0 aromatic heterocycles. The van der Waals surface area contributed by atoms with E-state index in [0.717, 1.165) is 5.56 Å². The first-order chi connectivity index (χ1) is 15.7. The van der Waals surface area contributed by atoms with Crippen LogP contribution in [0.5, 0.6) is 5.75 Å². The van der Waals surface area contributed by atoms with Crippen molar-refractivity contribution < 1.29 is 22.7 Å². The lowest BCUT2D eigenvalue weighted by Gasteiger charge is -2.29. The molecule has 2 aromatic carbocycles. The van der Waals surface area contributed by atoms with Crippen molar-refractivity contribution in [3.05, 3.63) is 60.2 Å². The number of sulfonamides is 1. The van der Waals surface area contributed by atoms with E-state index in [4.69, 9.17) is 4.74 Å². The molecule has 0 aliphatic rings. The fraction of sp³-hybridized carbons (Fsp3) is 0.417. The zero-order valence-corrected chi connectivity index (χ0v) is 20.5. The number of ether oxygens (including phenoxy) is 1. The van der Waals surface area contributed by atoms with E-state index < -0.39 is 16.1 Å². The average molecular weight is 476 g/mol. The highest BCUT2D eigenvalue weighted by Crippen LogP contribution is 2.17. The topological polar surface area (TPSA) is 96.0 Å². The third-order valence-corrected chi connectivity index (χ3v) is 7.22. The van der Waals surface area contributed by atoms with Gasteiger partial charge in [0.05, 0.1) is 12.0 Å². The summed E-state index contributed by atoms with van der Waals surface area (Å²) < 4.78 is 31.8. The molecule has 0 heterocycles. The maximum absolute atomic E-state index is 13.1. The lowest BCUT2D eigenvalue weighted by atomic mass is 10.1. The van der Waals surface area contributed by atoms with E-state index in [1.165, 1.54) is 16.3 Å². The van der Waals surface area contributed by atoms with Crippen LogP contribution in [0, 0.1) is 0 Å². The van der Waals surface area contributed by atoms with Gasteiger partial charge in [0.2, 0.25) is 21.8 Å². The highest BCUT2D eigenvalue weighted by Gasteiger charge is 2.26. The third-order valence-electron chi connectivity index (χ3n) is 5.35. The Morgan fingerprint density at radius 3 is 2.27 bits per heavy atom. The molecule has 1 N–H and O–H groups in total. The van der Waals surface area contributed by atoms with Crippen molar-refractivity contribution in [2.45, 2.75) is 44.2 Å². The minimum Gasteiger partial charge on any atom is -0.497 e. The summed E-state index contributed by atoms with van der Waals surface area (Å²) in [6.45, 7) is 4.44. The molecule has 8 nitrogen and oxygen atoms in total. The summed E-state index contributed by atoms with van der Waals surface area (Å²) in [4.78, 5) is 27.3. The predicted octanol–water partition coefficient (Wildman–Crippen LogP) is 2.65. The van der Waals surface area contributed by atoms with E-state index in [-0.39, 0.29) is 36.2 Å². The highest BCUT2D eigenvalue weighted by atomic mass is 32.2. The molecule has 2 rings (SSSR count). The van der Waals surface area contributed by atoms with Crippen LogP contribution >= 0.6 is 0 Å². The van der Waals surface area contributed by atoms with Crippen LogP contribution in [0.2, 0.25) is 0 Å². The number of amides is 2. The maximum Gasteiger partial charge on any atom is 0.242 e. The summed E-state index contributed by atoms with van der Waals surface area (Å²) >= 11 is 0. The number of carbonyl (C=O) groups excluding carboxylic acids is 2. The first-order valence-electron chi connectivity index (χ1n) is 10.9. The molecule has 2 amide bonds. The molecule has 2 aromatic rings. The average Bonchev–Trinajstić information content (AvgIpc) is 2.82. The lowest BCUT2D eigenvalue weighted by Crippen LogP contribution is -2.47. The van der Waals surface area contributed by atoms with Gasteiger partial charge in [-0.3, -0.25) is 9.59 Å². The minimum atomic E-state index is -3.62. The van der Waals surface area contributed by atoms with E-state index in [1.807, 2.05) is 19.1 Å². The number of nitrogens with zero attached hydrogens (tertiary/aromatic N) is 2. The fourth-order valence-corrected chi connectivity index (χ4v) is 4.55. The van der Waals surface area contributed by atoms with Gasteiger partial charge in [0, 0.05) is 33.1 Å². The molecule has 0 bridgehead atoms. The molecule has 180 valence electrons. The van der Waals surface area contributed by atoms with Crippen molar-refractivity contribution >= 4 is 21.8 Å². The molecular weight excluding hydrogens is 442 g/mol. The summed E-state index contributed by atoms with van der Waals surface area (Å²) in [5, 5.41) is 2.76. The van der Waals surface area contributed by atoms with Crippen molar-refractivity contribution in [3.63, 3.8) is 0 Å². The van der Waals surface area contributed by atoms with Crippen molar-refractivity contribution in [1.29, 1.82) is 0 Å². The number of likely N-dealkylation sites (N-methyl/N-ethyl adjacent to an activating group) is 1. The Bertz CT molecular complexity index is 1010. The Hall–Kier alpha value is -2.91. The van der Waals surface area contributed by atoms with Crippen molar-refractivity contribution in [2.24, 2.45) is 0 Å². The predicted molar refractivity (Wildman–Crippen MR) is 127 cm³/mol. The largest absolute Gasteiger partial charge is 0.497 e. The Morgan fingerprint density at radius 2 is 1.70 bits per heavy atom. The van der Waals surface area contributed by atoms with Crippen LogP contribution in [0.3, 0.4) is 0 Å². The first kappa shape index (κ1) is 26.3. The molecule has 0 radical (unpaired) electrons. The first-order valence-corrected chi connectivity index (χ1v) is 12.4. The third kappa shape index (κ3) is 7.30. The number of benzene rings is 2. The molecule has 0 aliphatic carbocycles. The van der Waals surface area contributed by atoms with E-state index in [0.29, 0.717) is 18.7 Å². The maximum atomic E-state index is 13.1. The second-order valence-corrected chi connectivity index (χ2v) is 9.73. The van der Waals surface area contributed by atoms with Crippen molar-refractivity contribution in [1.82, 2.24) is 14.5 Å². The zero-order chi connectivity index (χ0) is 24.4. The van der Waals surface area contributed by atoms with Gasteiger partial charge in [-0.1, -0.05) is 30.3 Å². The number of methoxy groups -OCH3 is 1. The number of hydrogen-bond donors (Lipinski definition) is 1. The van der Waals surface area contributed by atoms with Gasteiger partial charge >= 0.3 is 0 Å². The minimum absolute atomic E-state index is 0.120. The van der Waals surface area contributed by atoms with Gasteiger partial charge in [0.1, 0.15) is 11.8 Å². The van der Waals surface area contributed by atoms with Crippen LogP contribution in [0.4, 0.5) is 0 Å². The second-order valence-electron chi connectivity index (χ2n) is 7.68. The van der Waals surface area contributed by atoms with Crippen LogP contribution in [0.15, 0.2) is 59.5 Å². The summed E-state index contributed by atoms with van der Waals surface area (Å²) in [5.74, 6) is 0.259. The van der Waals surface area contributed by atoms with Crippen LogP contribution in [-0.2, 0) is 26.2 Å². The van der Waals surface area contributed by atoms with Gasteiger partial charge in [0.15, 0.2) is 0 Å². The molecule has 9 heteroatoms. The van der Waals surface area contributed by atoms with E-state index >= 15 is 0 Å². The molecular formula is C24H33N3O5S. The Kier molecular flexibility index (Phi) is 9.87. The van der Waals surface area contributed by atoms with E-state index in [9.17, 15) is 18.0 Å². The smallest absolute Gasteiger partial charge is 0.242 e. The van der Waals surface area contributed by atoms with Gasteiger partial charge < -0.3 is 15.0 Å². The standard InChI is InChI=1S/C24H33N3O5S/c1-5-25-24(29)19(2)27(18-20-13-15-21(32-4)16-14-20)23(28)12-9-17-26(3)33(30,31)22-10-7-6-8-11-22/h6-8,10-11,13-16,19H,5,9,12,17-18H2,1-4H3,(H,25,29). The van der Waals surface area contributed by atoms with Crippen molar-refractivity contribution in [3.8, 4) is 5.75 Å². The van der Waals surface area contributed by atoms with Crippen molar-refractivity contribution in [2.75, 3.05) is 27.2 Å². The zero-order valence-electron chi connectivity index (χ0n) is 19.7. The molecule has 0 fully saturated rings. The van der Waals surface area contributed by atoms with Crippen LogP contribution < -0.4 is 10.1 Å². The highest BCUT2D eigenvalue weighted by molar-refractivity contribution is 7.89. The van der Waals surface area contributed by atoms with E-state index in [2.05, 4.69) is 5.32 Å². The molecule has 0 aliphatic heterocycles. The SMILES string of the molecule is CCNC(=O)C(C)N(Cc1ccc(OC)cc1)C(=O)CCCN(C)S(=O)(=O)c1ccccc1. The quantitative estimate of drug-likeness (QED) is 0.509. The van der Waals surface area contributed by atoms with Gasteiger partial charge in [-0.05, 0) is 50.1 Å². The summed E-state index contributed by atoms with van der Waals surface area (Å²) in [5.41, 5.74) is 0.865. The molecule has 33 heavy (non-hydrogen) atoms. The van der Waals surface area contributed by atoms with E-state index in [1.54, 1.807) is 56.5 Å². The normalized spacial score (nSPS) is 12.3. The van der Waals surface area contributed by atoms with Crippen LogP contribution in [0.25, 0.3) is 0 Å². The lowest BCUT2D eigenvalue weighted by molar-refractivity contribution is -0.140. The Labute approximate surface area is 196 Å². The molecule has 1 unspecified atom stereocenters. The van der Waals surface area contributed by atoms with Crippen LogP contribution in [0.1, 0.15) is 32.3 Å². The summed E-state index contributed by atoms with van der Waals surface area (Å²) in [7, 11) is -0.537. The fourth-order valence-electron chi connectivity index (χ4n) is 3.32. The number of rotatable bonds is 12. The molecule has 1 atom stereocenters. The summed E-state index contributed by atoms with van der Waals surface area (Å²) in [6.07, 6.45) is 0.456. The Morgan fingerprint density at radius 1 is 1.06 bits per heavy atom. The number of hydrogen-bond acceptors (Lipinski definition) is 5. The number of nitrogens with one attached hydrogen (secondary N) is 1. The second kappa shape index (κ2) is 12.4. The molecule has 0 saturated carbocycles. The van der Waals surface area contributed by atoms with Gasteiger partial charge in [-0.15, -0.1) is 0 Å². The molecule has 0 spiro atoms. The monoisotopic (exact) mass is 475 g/mol. The Balaban J connectivity index is 2.06. The number of carbonyl (C=O) groups is 2. The van der Waals surface area contributed by atoms with Gasteiger partial charge in [-0.2, -0.15) is 0 Å². The summed E-state index contributed by atoms with van der Waals surface area (Å²) in [6, 6.07) is 14.8. The molecule has 0 saturated heterocycles. The van der Waals surface area contributed by atoms with Crippen LogP contribution in [-0.4, -0.2) is 62.7 Å².